The Morgan fingerprint density at radius 1 is 1.26 bits per heavy atom. The monoisotopic (exact) mass is 272 g/mol. The molecule has 0 spiro atoms. The van der Waals surface area contributed by atoms with Gasteiger partial charge >= 0.3 is 0 Å². The van der Waals surface area contributed by atoms with Crippen LogP contribution in [0.1, 0.15) is 22.4 Å². The number of pyridine rings is 1. The number of rotatable bonds is 4. The quantitative estimate of drug-likeness (QED) is 0.869. The van der Waals surface area contributed by atoms with Crippen LogP contribution in [0.15, 0.2) is 36.5 Å². The molecule has 3 nitrogen and oxygen atoms in total. The average molecular weight is 272 g/mol. The molecule has 2 aromatic rings. The molecule has 1 aromatic heterocycles. The number of thiocarbonyl (C=S) groups is 1. The van der Waals surface area contributed by atoms with Gasteiger partial charge in [-0.2, -0.15) is 0 Å². The van der Waals surface area contributed by atoms with Crippen LogP contribution in [0, 0.1) is 13.8 Å². The fraction of sp³-hybridized carbons (Fsp3) is 0.200. The van der Waals surface area contributed by atoms with Crippen LogP contribution in [-0.4, -0.2) is 9.97 Å². The molecule has 0 unspecified atom stereocenters. The van der Waals surface area contributed by atoms with E-state index in [-0.39, 0.29) is 0 Å². The topological polar surface area (TPSA) is 48.1 Å². The predicted molar refractivity (Wildman–Crippen MR) is 80.4 cm³/mol. The highest BCUT2D eigenvalue weighted by atomic mass is 32.1. The van der Waals surface area contributed by atoms with Gasteiger partial charge in [-0.25, -0.2) is 0 Å². The molecule has 4 heteroatoms. The van der Waals surface area contributed by atoms with Gasteiger partial charge in [0.15, 0.2) is 0 Å². The van der Waals surface area contributed by atoms with Gasteiger partial charge in [0, 0.05) is 11.8 Å². The first-order valence-electron chi connectivity index (χ1n) is 6.01. The summed E-state index contributed by atoms with van der Waals surface area (Å²) in [5.74, 6) is 0.866. The van der Waals surface area contributed by atoms with E-state index in [1.807, 2.05) is 44.2 Å². The molecule has 0 aliphatic carbocycles. The molecule has 0 amide bonds. The Morgan fingerprint density at radius 3 is 2.47 bits per heavy atom. The molecule has 0 radical (unpaired) electrons. The molecule has 0 aliphatic heterocycles. The zero-order valence-corrected chi connectivity index (χ0v) is 11.8. The lowest BCUT2D eigenvalue weighted by atomic mass is 10.1. The molecule has 0 saturated carbocycles. The fourth-order valence-electron chi connectivity index (χ4n) is 1.95. The maximum atomic E-state index is 5.84. The Morgan fingerprint density at radius 2 is 1.95 bits per heavy atom. The molecular weight excluding hydrogens is 256 g/mol. The summed E-state index contributed by atoms with van der Waals surface area (Å²) in [6.45, 7) is 4.43. The SMILES string of the molecule is Cc1cc(C(N)=S)cc(C)c1OCc1ccccn1. The van der Waals surface area contributed by atoms with E-state index in [2.05, 4.69) is 4.98 Å². The summed E-state index contributed by atoms with van der Waals surface area (Å²) in [6.07, 6.45) is 1.76. The normalized spacial score (nSPS) is 10.2. The average Bonchev–Trinajstić information content (AvgIpc) is 2.38. The Balaban J connectivity index is 2.19. The lowest BCUT2D eigenvalue weighted by Gasteiger charge is -2.13. The second-order valence-electron chi connectivity index (χ2n) is 4.41. The van der Waals surface area contributed by atoms with Gasteiger partial charge in [-0.15, -0.1) is 0 Å². The smallest absolute Gasteiger partial charge is 0.130 e. The van der Waals surface area contributed by atoms with Crippen LogP contribution >= 0.6 is 12.2 Å². The molecule has 2 rings (SSSR count). The van der Waals surface area contributed by atoms with Gasteiger partial charge in [-0.05, 0) is 49.2 Å². The van der Waals surface area contributed by atoms with Crippen LogP contribution in [0.4, 0.5) is 0 Å². The summed E-state index contributed by atoms with van der Waals surface area (Å²) in [4.78, 5) is 4.64. The van der Waals surface area contributed by atoms with E-state index in [1.165, 1.54) is 0 Å². The van der Waals surface area contributed by atoms with Gasteiger partial charge in [0.2, 0.25) is 0 Å². The second kappa shape index (κ2) is 5.80. The van der Waals surface area contributed by atoms with Crippen LogP contribution in [0.2, 0.25) is 0 Å². The van der Waals surface area contributed by atoms with E-state index >= 15 is 0 Å². The minimum atomic E-state index is 0.405. The van der Waals surface area contributed by atoms with Gasteiger partial charge < -0.3 is 10.5 Å². The van der Waals surface area contributed by atoms with Crippen molar-refractivity contribution in [3.05, 3.63) is 58.9 Å². The molecule has 0 aliphatic rings. The first-order valence-corrected chi connectivity index (χ1v) is 6.42. The predicted octanol–water partition coefficient (Wildman–Crippen LogP) is 2.91. The number of hydrogen-bond acceptors (Lipinski definition) is 3. The van der Waals surface area contributed by atoms with Crippen molar-refractivity contribution in [2.45, 2.75) is 20.5 Å². The van der Waals surface area contributed by atoms with Crippen LogP contribution < -0.4 is 10.5 Å². The molecule has 1 heterocycles. The van der Waals surface area contributed by atoms with E-state index < -0.39 is 0 Å². The highest BCUT2D eigenvalue weighted by Crippen LogP contribution is 2.25. The van der Waals surface area contributed by atoms with Gasteiger partial charge in [-0.3, -0.25) is 4.98 Å². The van der Waals surface area contributed by atoms with Crippen LogP contribution in [0.3, 0.4) is 0 Å². The zero-order valence-electron chi connectivity index (χ0n) is 11.0. The minimum absolute atomic E-state index is 0.405. The van der Waals surface area contributed by atoms with Crippen molar-refractivity contribution >= 4 is 17.2 Å². The molecule has 98 valence electrons. The van der Waals surface area contributed by atoms with E-state index in [4.69, 9.17) is 22.7 Å². The number of nitrogens with zero attached hydrogens (tertiary/aromatic N) is 1. The van der Waals surface area contributed by atoms with Crippen molar-refractivity contribution in [1.82, 2.24) is 4.98 Å². The Hall–Kier alpha value is -1.94. The Labute approximate surface area is 118 Å². The molecule has 2 N–H and O–H groups in total. The summed E-state index contributed by atoms with van der Waals surface area (Å²) in [5, 5.41) is 0. The molecule has 0 atom stereocenters. The maximum Gasteiger partial charge on any atom is 0.130 e. The zero-order chi connectivity index (χ0) is 13.8. The van der Waals surface area contributed by atoms with E-state index in [0.29, 0.717) is 11.6 Å². The van der Waals surface area contributed by atoms with Crippen molar-refractivity contribution in [2.24, 2.45) is 5.73 Å². The second-order valence-corrected chi connectivity index (χ2v) is 4.85. The highest BCUT2D eigenvalue weighted by molar-refractivity contribution is 7.80. The van der Waals surface area contributed by atoms with Gasteiger partial charge in [0.05, 0.1) is 5.69 Å². The van der Waals surface area contributed by atoms with Gasteiger partial charge in [0.25, 0.3) is 0 Å². The summed E-state index contributed by atoms with van der Waals surface area (Å²) in [5.41, 5.74) is 9.47. The highest BCUT2D eigenvalue weighted by Gasteiger charge is 2.08. The van der Waals surface area contributed by atoms with Gasteiger partial charge in [-0.1, -0.05) is 18.3 Å². The molecule has 0 fully saturated rings. The van der Waals surface area contributed by atoms with E-state index in [1.54, 1.807) is 6.20 Å². The maximum absolute atomic E-state index is 5.84. The minimum Gasteiger partial charge on any atom is -0.487 e. The number of aromatic nitrogens is 1. The molecule has 19 heavy (non-hydrogen) atoms. The lowest BCUT2D eigenvalue weighted by Crippen LogP contribution is -2.10. The lowest BCUT2D eigenvalue weighted by molar-refractivity contribution is 0.297. The fourth-order valence-corrected chi connectivity index (χ4v) is 2.07. The molecular formula is C15H16N2OS. The Bertz CT molecular complexity index is 573. The van der Waals surface area contributed by atoms with E-state index in [9.17, 15) is 0 Å². The third kappa shape index (κ3) is 3.29. The van der Waals surface area contributed by atoms with Crippen molar-refractivity contribution in [3.8, 4) is 5.75 Å². The first-order chi connectivity index (χ1) is 9.08. The van der Waals surface area contributed by atoms with E-state index in [0.717, 1.165) is 28.1 Å². The van der Waals surface area contributed by atoms with Crippen molar-refractivity contribution < 1.29 is 4.74 Å². The number of ether oxygens (including phenoxy) is 1. The van der Waals surface area contributed by atoms with Gasteiger partial charge in [0.1, 0.15) is 17.3 Å². The third-order valence-corrected chi connectivity index (χ3v) is 3.07. The van der Waals surface area contributed by atoms with Crippen molar-refractivity contribution in [3.63, 3.8) is 0 Å². The summed E-state index contributed by atoms with van der Waals surface area (Å²) in [6, 6.07) is 9.67. The Kier molecular flexibility index (Phi) is 4.12. The van der Waals surface area contributed by atoms with Crippen LogP contribution in [-0.2, 0) is 6.61 Å². The number of benzene rings is 1. The third-order valence-electron chi connectivity index (χ3n) is 2.84. The first kappa shape index (κ1) is 13.5. The molecule has 0 saturated heterocycles. The summed E-state index contributed by atoms with van der Waals surface area (Å²) < 4.78 is 5.84. The molecule has 0 bridgehead atoms. The summed E-state index contributed by atoms with van der Waals surface area (Å²) >= 11 is 4.99. The van der Waals surface area contributed by atoms with Crippen molar-refractivity contribution in [2.75, 3.05) is 0 Å². The number of aryl methyl sites for hydroxylation is 2. The van der Waals surface area contributed by atoms with Crippen LogP contribution in [0.5, 0.6) is 5.75 Å². The molecule has 1 aromatic carbocycles. The van der Waals surface area contributed by atoms with Crippen molar-refractivity contribution in [1.29, 1.82) is 0 Å². The summed E-state index contributed by atoms with van der Waals surface area (Å²) in [7, 11) is 0. The van der Waals surface area contributed by atoms with Crippen LogP contribution in [0.25, 0.3) is 0 Å². The number of hydrogen-bond donors (Lipinski definition) is 1. The largest absolute Gasteiger partial charge is 0.487 e. The standard InChI is InChI=1S/C15H16N2OS/c1-10-7-12(15(16)19)8-11(2)14(10)18-9-13-5-3-4-6-17-13/h3-8H,9H2,1-2H3,(H2,16,19). The number of nitrogens with two attached hydrogens (primary N) is 1.